The molecule has 0 aliphatic carbocycles. The van der Waals surface area contributed by atoms with Crippen LogP contribution in [0, 0.1) is 12.7 Å². The van der Waals surface area contributed by atoms with E-state index in [1.54, 1.807) is 12.1 Å². The molecule has 0 unspecified atom stereocenters. The number of nitrogens with zero attached hydrogens (tertiary/aromatic N) is 3. The molecule has 48 heavy (non-hydrogen) atoms. The standard InChI is InChI=1S/C40H44FN7/c1-7-13-34(31-21-32(41)23-33(22-31)43-18-19-48(5)6)35-24-38(44-27(35)4)40-39-37(46-47-40)17-16-36(45-39)30(9-3)20-28(8-2)25-42-26-29-14-11-10-12-15-29/h7-17,20-24,42-44H,1-2,18-19,25-26H2,3-6H3,(H,46,47)/b28-20+,30-9+,34-13-. The number of anilines is 1. The molecule has 0 saturated carbocycles. The summed E-state index contributed by atoms with van der Waals surface area (Å²) in [6.45, 7) is 15.0. The van der Waals surface area contributed by atoms with Crippen molar-refractivity contribution >= 4 is 27.9 Å². The minimum Gasteiger partial charge on any atom is -0.384 e. The number of benzene rings is 2. The van der Waals surface area contributed by atoms with Crippen molar-refractivity contribution in [1.82, 2.24) is 30.4 Å². The Balaban J connectivity index is 1.43. The maximum absolute atomic E-state index is 14.8. The number of halogens is 1. The van der Waals surface area contributed by atoms with Gasteiger partial charge in [0.15, 0.2) is 0 Å². The van der Waals surface area contributed by atoms with E-state index in [9.17, 15) is 4.39 Å². The van der Waals surface area contributed by atoms with Gasteiger partial charge in [0.05, 0.1) is 16.9 Å². The number of pyridine rings is 1. The van der Waals surface area contributed by atoms with Crippen LogP contribution in [0.15, 0.2) is 116 Å². The molecule has 246 valence electrons. The van der Waals surface area contributed by atoms with Crippen LogP contribution in [0.4, 0.5) is 10.1 Å². The van der Waals surface area contributed by atoms with E-state index in [0.717, 1.165) is 74.7 Å². The third-order valence-corrected chi connectivity index (χ3v) is 8.06. The highest BCUT2D eigenvalue weighted by molar-refractivity contribution is 5.92. The molecular weight excluding hydrogens is 597 g/mol. The van der Waals surface area contributed by atoms with Crippen LogP contribution in [0.1, 0.15) is 35.0 Å². The topological polar surface area (TPSA) is 84.7 Å². The van der Waals surface area contributed by atoms with E-state index in [1.807, 2.05) is 82.6 Å². The average molecular weight is 642 g/mol. The molecule has 0 bridgehead atoms. The molecule has 3 aromatic heterocycles. The molecule has 0 radical (unpaired) electrons. The summed E-state index contributed by atoms with van der Waals surface area (Å²) in [5, 5.41) is 14.6. The first-order valence-corrected chi connectivity index (χ1v) is 16.1. The number of hydrogen-bond donors (Lipinski definition) is 4. The van der Waals surface area contributed by atoms with Crippen molar-refractivity contribution in [2.45, 2.75) is 20.4 Å². The van der Waals surface area contributed by atoms with Crippen molar-refractivity contribution in [3.8, 4) is 11.4 Å². The van der Waals surface area contributed by atoms with Gasteiger partial charge in [-0.05, 0) is 98.3 Å². The Morgan fingerprint density at radius 3 is 2.58 bits per heavy atom. The van der Waals surface area contributed by atoms with Crippen LogP contribution in [-0.4, -0.2) is 58.8 Å². The van der Waals surface area contributed by atoms with Gasteiger partial charge >= 0.3 is 0 Å². The highest BCUT2D eigenvalue weighted by Crippen LogP contribution is 2.34. The number of likely N-dealkylation sites (N-methyl/N-ethyl adjacent to an activating group) is 1. The van der Waals surface area contributed by atoms with E-state index in [2.05, 4.69) is 68.2 Å². The van der Waals surface area contributed by atoms with Crippen molar-refractivity contribution in [2.75, 3.05) is 39.0 Å². The number of aryl methyl sites for hydroxylation is 1. The molecule has 0 amide bonds. The lowest BCUT2D eigenvalue weighted by molar-refractivity contribution is 0.425. The predicted molar refractivity (Wildman–Crippen MR) is 199 cm³/mol. The van der Waals surface area contributed by atoms with Gasteiger partial charge in [-0.2, -0.15) is 5.10 Å². The number of allylic oxidation sites excluding steroid dienone is 5. The second-order valence-corrected chi connectivity index (χ2v) is 11.9. The first-order valence-electron chi connectivity index (χ1n) is 16.1. The Bertz CT molecular complexity index is 1980. The van der Waals surface area contributed by atoms with Gasteiger partial charge in [-0.3, -0.25) is 5.10 Å². The quantitative estimate of drug-likeness (QED) is 0.0865. The molecule has 5 aromatic rings. The van der Waals surface area contributed by atoms with E-state index < -0.39 is 0 Å². The maximum Gasteiger partial charge on any atom is 0.135 e. The monoisotopic (exact) mass is 641 g/mol. The summed E-state index contributed by atoms with van der Waals surface area (Å²) >= 11 is 0. The van der Waals surface area contributed by atoms with Crippen molar-refractivity contribution in [3.05, 3.63) is 150 Å². The minimum atomic E-state index is -0.307. The third-order valence-electron chi connectivity index (χ3n) is 8.06. The number of hydrogen-bond acceptors (Lipinski definition) is 5. The maximum atomic E-state index is 14.8. The van der Waals surface area contributed by atoms with Gasteiger partial charge < -0.3 is 20.5 Å². The van der Waals surface area contributed by atoms with Gasteiger partial charge in [-0.25, -0.2) is 9.37 Å². The highest BCUT2D eigenvalue weighted by atomic mass is 19.1. The molecule has 0 saturated heterocycles. The first kappa shape index (κ1) is 34.0. The summed E-state index contributed by atoms with van der Waals surface area (Å²) in [5.74, 6) is -0.307. The summed E-state index contributed by atoms with van der Waals surface area (Å²) in [6.07, 6.45) is 9.69. The van der Waals surface area contributed by atoms with Gasteiger partial charge in [0, 0.05) is 43.1 Å². The minimum absolute atomic E-state index is 0.307. The second kappa shape index (κ2) is 16.0. The van der Waals surface area contributed by atoms with Crippen LogP contribution in [0.25, 0.3) is 33.6 Å². The summed E-state index contributed by atoms with van der Waals surface area (Å²) in [6, 6.07) is 21.4. The third kappa shape index (κ3) is 8.34. The molecule has 2 aromatic carbocycles. The Hall–Kier alpha value is -5.31. The second-order valence-electron chi connectivity index (χ2n) is 11.9. The number of rotatable bonds is 15. The Labute approximate surface area is 282 Å². The predicted octanol–water partition coefficient (Wildman–Crippen LogP) is 8.30. The molecule has 0 atom stereocenters. The normalized spacial score (nSPS) is 12.6. The molecule has 0 aliphatic rings. The fraction of sp³-hybridized carbons (Fsp3) is 0.200. The first-order chi connectivity index (χ1) is 23.3. The summed E-state index contributed by atoms with van der Waals surface area (Å²) in [7, 11) is 4.02. The van der Waals surface area contributed by atoms with E-state index in [-0.39, 0.29) is 5.82 Å². The zero-order valence-corrected chi connectivity index (χ0v) is 28.2. The Morgan fingerprint density at radius 1 is 1.04 bits per heavy atom. The van der Waals surface area contributed by atoms with E-state index in [4.69, 9.17) is 4.98 Å². The van der Waals surface area contributed by atoms with Gasteiger partial charge in [-0.1, -0.05) is 67.8 Å². The summed E-state index contributed by atoms with van der Waals surface area (Å²) in [4.78, 5) is 10.7. The van der Waals surface area contributed by atoms with Crippen LogP contribution in [0.5, 0.6) is 0 Å². The zero-order chi connectivity index (χ0) is 34.0. The molecule has 4 N–H and O–H groups in total. The smallest absolute Gasteiger partial charge is 0.135 e. The van der Waals surface area contributed by atoms with Crippen molar-refractivity contribution in [2.24, 2.45) is 0 Å². The van der Waals surface area contributed by atoms with E-state index in [1.165, 1.54) is 11.6 Å². The van der Waals surface area contributed by atoms with Crippen molar-refractivity contribution in [1.29, 1.82) is 0 Å². The van der Waals surface area contributed by atoms with E-state index in [0.29, 0.717) is 18.8 Å². The van der Waals surface area contributed by atoms with Crippen LogP contribution in [0.2, 0.25) is 0 Å². The van der Waals surface area contributed by atoms with Crippen molar-refractivity contribution in [3.63, 3.8) is 0 Å². The molecular formula is C40H44FN7. The lowest BCUT2D eigenvalue weighted by Gasteiger charge is -2.14. The highest BCUT2D eigenvalue weighted by Gasteiger charge is 2.18. The molecule has 7 nitrogen and oxygen atoms in total. The zero-order valence-electron chi connectivity index (χ0n) is 28.2. The van der Waals surface area contributed by atoms with E-state index >= 15 is 0 Å². The molecule has 8 heteroatoms. The molecule has 0 fully saturated rings. The largest absolute Gasteiger partial charge is 0.384 e. The number of nitrogens with one attached hydrogen (secondary N) is 4. The molecule has 0 aliphatic heterocycles. The number of fused-ring (bicyclic) bond motifs is 1. The van der Waals surface area contributed by atoms with Gasteiger partial charge in [-0.15, -0.1) is 0 Å². The lowest BCUT2D eigenvalue weighted by Crippen LogP contribution is -2.20. The number of H-pyrrole nitrogens is 2. The van der Waals surface area contributed by atoms with Crippen LogP contribution >= 0.6 is 0 Å². The Morgan fingerprint density at radius 2 is 1.85 bits per heavy atom. The van der Waals surface area contributed by atoms with Gasteiger partial charge in [0.1, 0.15) is 17.0 Å². The van der Waals surface area contributed by atoms with Crippen LogP contribution in [-0.2, 0) is 6.54 Å². The van der Waals surface area contributed by atoms with Crippen molar-refractivity contribution < 1.29 is 4.39 Å². The Kier molecular flexibility index (Phi) is 11.3. The van der Waals surface area contributed by atoms with Crippen LogP contribution < -0.4 is 10.6 Å². The SMILES string of the molecule is C=C/C=C(/c1cc(F)cc(NCCN(C)C)c1)c1cc(-c2n[nH]c3ccc(C(/C=C(\C=C)CNCc4ccccc4)=C/C)nc23)[nH]c1C. The number of aromatic amines is 2. The summed E-state index contributed by atoms with van der Waals surface area (Å²) in [5.41, 5.74) is 11.4. The number of aromatic nitrogens is 4. The fourth-order valence-electron chi connectivity index (χ4n) is 5.58. The van der Waals surface area contributed by atoms with Gasteiger partial charge in [0.25, 0.3) is 0 Å². The fourth-order valence-corrected chi connectivity index (χ4v) is 5.58. The molecule has 0 spiro atoms. The molecule has 5 rings (SSSR count). The average Bonchev–Trinajstić information content (AvgIpc) is 3.68. The molecule has 3 heterocycles. The summed E-state index contributed by atoms with van der Waals surface area (Å²) < 4.78 is 14.8. The lowest BCUT2D eigenvalue weighted by atomic mass is 9.96. The van der Waals surface area contributed by atoms with Gasteiger partial charge in [0.2, 0.25) is 0 Å². The van der Waals surface area contributed by atoms with Crippen LogP contribution in [0.3, 0.4) is 0 Å².